The first-order valence-corrected chi connectivity index (χ1v) is 16.1. The normalized spacial score (nSPS) is 14.7. The number of rotatable bonds is 9. The van der Waals surface area contributed by atoms with E-state index in [1.165, 1.54) is 22.3 Å². The number of benzene rings is 3. The maximum atomic E-state index is 5.37. The first-order chi connectivity index (χ1) is 21.9. The fraction of sp³-hybridized carbons (Fsp3) is 0.400. The van der Waals surface area contributed by atoms with Crippen LogP contribution in [0.4, 0.5) is 0 Å². The predicted molar refractivity (Wildman–Crippen MR) is 188 cm³/mol. The molecule has 3 aliphatic rings. The molecule has 3 aliphatic heterocycles. The summed E-state index contributed by atoms with van der Waals surface area (Å²) in [7, 11) is 5.01. The van der Waals surface area contributed by atoms with E-state index in [0.717, 1.165) is 103 Å². The van der Waals surface area contributed by atoms with Crippen LogP contribution in [0.15, 0.2) is 74.0 Å². The highest BCUT2D eigenvalue weighted by Crippen LogP contribution is 2.31. The summed E-state index contributed by atoms with van der Waals surface area (Å²) >= 11 is 3.52. The summed E-state index contributed by atoms with van der Waals surface area (Å²) in [5, 5.41) is 9.82. The molecule has 0 fully saturated rings. The second-order valence-corrected chi connectivity index (χ2v) is 11.6. The van der Waals surface area contributed by atoms with Crippen molar-refractivity contribution < 1.29 is 14.2 Å². The van der Waals surface area contributed by atoms with Crippen LogP contribution in [-0.2, 0) is 19.3 Å². The number of nitrogens with one attached hydrogen (secondary N) is 3. The number of nitrogens with zero attached hydrogens (tertiary/aromatic N) is 3. The quantitative estimate of drug-likeness (QED) is 0.292. The Labute approximate surface area is 275 Å². The molecule has 0 amide bonds. The van der Waals surface area contributed by atoms with Crippen LogP contribution in [0.25, 0.3) is 0 Å². The molecule has 0 spiro atoms. The van der Waals surface area contributed by atoms with E-state index in [1.54, 1.807) is 21.3 Å². The van der Waals surface area contributed by atoms with Crippen molar-refractivity contribution >= 4 is 33.4 Å². The highest BCUT2D eigenvalue weighted by Gasteiger charge is 2.14. The molecule has 3 aromatic rings. The van der Waals surface area contributed by atoms with Crippen LogP contribution in [0.5, 0.6) is 17.2 Å². The Morgan fingerprint density at radius 2 is 1.18 bits per heavy atom. The van der Waals surface area contributed by atoms with E-state index in [0.29, 0.717) is 0 Å². The summed E-state index contributed by atoms with van der Waals surface area (Å²) < 4.78 is 17.0. The highest BCUT2D eigenvalue weighted by atomic mass is 79.9. The highest BCUT2D eigenvalue weighted by molar-refractivity contribution is 9.10. The van der Waals surface area contributed by atoms with Gasteiger partial charge in [0.2, 0.25) is 0 Å². The first kappa shape index (κ1) is 33.8. The zero-order valence-electron chi connectivity index (χ0n) is 27.0. The Hall–Kier alpha value is -4.05. The minimum atomic E-state index is 0.763. The van der Waals surface area contributed by atoms with E-state index >= 15 is 0 Å². The molecule has 3 aromatic carbocycles. The van der Waals surface area contributed by atoms with Gasteiger partial charge in [0.25, 0.3) is 0 Å². The Bertz CT molecular complexity index is 1500. The molecule has 0 unspecified atom stereocenters. The monoisotopic (exact) mass is 676 g/mol. The first-order valence-electron chi connectivity index (χ1n) is 15.3. The van der Waals surface area contributed by atoms with Crippen LogP contribution >= 0.6 is 15.9 Å². The van der Waals surface area contributed by atoms with Gasteiger partial charge in [-0.1, -0.05) is 46.3 Å². The smallest absolute Gasteiger partial charge is 0.164 e. The average molecular weight is 678 g/mol. The lowest BCUT2D eigenvalue weighted by molar-refractivity contribution is 0.352. The van der Waals surface area contributed by atoms with E-state index < -0.39 is 0 Å². The molecule has 0 saturated heterocycles. The lowest BCUT2D eigenvalue weighted by Gasteiger charge is -2.12. The molecule has 3 N–H and O–H groups in total. The van der Waals surface area contributed by atoms with E-state index in [1.807, 2.05) is 24.3 Å². The minimum Gasteiger partial charge on any atom is -0.497 e. The second-order valence-electron chi connectivity index (χ2n) is 10.8. The van der Waals surface area contributed by atoms with Gasteiger partial charge in [0, 0.05) is 48.9 Å². The van der Waals surface area contributed by atoms with Crippen LogP contribution < -0.4 is 30.2 Å². The van der Waals surface area contributed by atoms with Crippen LogP contribution in [0, 0.1) is 13.8 Å². The number of aliphatic imine (C=N–C) groups is 3. The van der Waals surface area contributed by atoms with E-state index in [2.05, 4.69) is 91.0 Å². The van der Waals surface area contributed by atoms with Crippen molar-refractivity contribution in [2.24, 2.45) is 15.0 Å². The molecule has 45 heavy (non-hydrogen) atoms. The number of hydrogen-bond acceptors (Lipinski definition) is 9. The van der Waals surface area contributed by atoms with Crippen molar-refractivity contribution in [2.75, 3.05) is 60.6 Å². The van der Waals surface area contributed by atoms with E-state index in [4.69, 9.17) is 14.2 Å². The number of halogens is 1. The summed E-state index contributed by atoms with van der Waals surface area (Å²) in [6.07, 6.45) is 2.57. The number of para-hydroxylation sites is 1. The van der Waals surface area contributed by atoms with Crippen LogP contribution in [0.2, 0.25) is 0 Å². The molecule has 0 aromatic heterocycles. The fourth-order valence-corrected chi connectivity index (χ4v) is 5.73. The molecule has 10 heteroatoms. The third-order valence-electron chi connectivity index (χ3n) is 7.64. The lowest BCUT2D eigenvalue weighted by Crippen LogP contribution is -2.21. The molecule has 0 aliphatic carbocycles. The van der Waals surface area contributed by atoms with E-state index in [9.17, 15) is 0 Å². The van der Waals surface area contributed by atoms with Gasteiger partial charge in [-0.25, -0.2) is 0 Å². The maximum Gasteiger partial charge on any atom is 0.164 e. The molecule has 240 valence electrons. The lowest BCUT2D eigenvalue weighted by atomic mass is 9.99. The predicted octanol–water partition coefficient (Wildman–Crippen LogP) is 5.10. The van der Waals surface area contributed by atoms with Gasteiger partial charge in [-0.2, -0.15) is 0 Å². The van der Waals surface area contributed by atoms with Gasteiger partial charge in [-0.15, -0.1) is 0 Å². The van der Waals surface area contributed by atoms with Gasteiger partial charge in [0.1, 0.15) is 23.3 Å². The molecule has 0 bridgehead atoms. The van der Waals surface area contributed by atoms with Crippen molar-refractivity contribution in [2.45, 2.75) is 33.1 Å². The van der Waals surface area contributed by atoms with Gasteiger partial charge in [0.15, 0.2) is 11.5 Å². The van der Waals surface area contributed by atoms with Crippen LogP contribution in [0.3, 0.4) is 0 Å². The molecular formula is C35H45BrN6O3. The third-order valence-corrected chi connectivity index (χ3v) is 8.41. The number of hydrogen-bond donors (Lipinski definition) is 3. The zero-order chi connectivity index (χ0) is 32.0. The van der Waals surface area contributed by atoms with Crippen molar-refractivity contribution in [3.05, 3.63) is 86.9 Å². The SMILES string of the molecule is Brc1ccccc1CC1=NCCN1.COc1cc(C)c(CC2=NCCN2)c(C)c1.COc1cccc(CC2=NCCN2)c1OC. The number of ether oxygens (including phenoxy) is 3. The van der Waals surface area contributed by atoms with Crippen molar-refractivity contribution in [1.82, 2.24) is 16.0 Å². The number of amidine groups is 3. The fourth-order valence-electron chi connectivity index (χ4n) is 5.31. The molecular weight excluding hydrogens is 632 g/mol. The largest absolute Gasteiger partial charge is 0.497 e. The van der Waals surface area contributed by atoms with Crippen molar-refractivity contribution in [3.8, 4) is 17.2 Å². The minimum absolute atomic E-state index is 0.763. The van der Waals surface area contributed by atoms with Crippen LogP contribution in [-0.4, -0.2) is 78.1 Å². The Balaban J connectivity index is 0.000000155. The van der Waals surface area contributed by atoms with Gasteiger partial charge in [-0.3, -0.25) is 15.0 Å². The third kappa shape index (κ3) is 9.97. The van der Waals surface area contributed by atoms with Gasteiger partial charge < -0.3 is 30.2 Å². The average Bonchev–Trinajstić information content (AvgIpc) is 3.86. The van der Waals surface area contributed by atoms with Gasteiger partial charge >= 0.3 is 0 Å². The molecule has 3 heterocycles. The van der Waals surface area contributed by atoms with E-state index in [-0.39, 0.29) is 0 Å². The Morgan fingerprint density at radius 3 is 1.67 bits per heavy atom. The molecule has 0 saturated carbocycles. The molecule has 9 nitrogen and oxygen atoms in total. The molecule has 0 radical (unpaired) electrons. The van der Waals surface area contributed by atoms with Gasteiger partial charge in [0.05, 0.1) is 41.0 Å². The summed E-state index contributed by atoms with van der Waals surface area (Å²) in [5.74, 6) is 5.72. The van der Waals surface area contributed by atoms with Crippen molar-refractivity contribution in [1.29, 1.82) is 0 Å². The summed E-state index contributed by atoms with van der Waals surface area (Å²) in [6.45, 7) is 9.83. The Morgan fingerprint density at radius 1 is 0.644 bits per heavy atom. The summed E-state index contributed by atoms with van der Waals surface area (Å²) in [5.41, 5.74) is 6.28. The second kappa shape index (κ2) is 17.4. The zero-order valence-corrected chi connectivity index (χ0v) is 28.6. The van der Waals surface area contributed by atoms with Crippen LogP contribution in [0.1, 0.15) is 27.8 Å². The molecule has 0 atom stereocenters. The number of methoxy groups -OCH3 is 3. The van der Waals surface area contributed by atoms with Gasteiger partial charge in [-0.05, 0) is 60.4 Å². The molecule has 6 rings (SSSR count). The summed E-state index contributed by atoms with van der Waals surface area (Å²) in [6, 6.07) is 18.3. The number of aryl methyl sites for hydroxylation is 2. The van der Waals surface area contributed by atoms with Crippen molar-refractivity contribution in [3.63, 3.8) is 0 Å². The Kier molecular flexibility index (Phi) is 13.1. The maximum absolute atomic E-state index is 5.37. The summed E-state index contributed by atoms with van der Waals surface area (Å²) in [4.78, 5) is 13.2. The topological polar surface area (TPSA) is 101 Å². The standard InChI is InChI=1S/C13H18N2O.C12H16N2O2.C10H11BrN2/c1-9-6-11(16-3)7-10(2)12(9)8-13-14-4-5-15-13;1-15-10-5-3-4-9(12(10)16-2)8-11-13-6-7-14-11;11-9-4-2-1-3-8(9)7-10-12-5-6-13-10/h6-7H,4-5,8H2,1-3H3,(H,14,15);3-5H,6-8H2,1-2H3,(H,13,14);1-4H,5-7H2,(H,12,13).